The minimum atomic E-state index is -0.900. The zero-order valence-electron chi connectivity index (χ0n) is 32.0. The number of benzene rings is 1. The van der Waals surface area contributed by atoms with E-state index in [1.165, 1.54) is 32.8 Å². The van der Waals surface area contributed by atoms with E-state index in [2.05, 4.69) is 5.32 Å². The number of likely N-dealkylation sites (N-methyl/N-ethyl adjacent to an activating group) is 1. The van der Waals surface area contributed by atoms with Crippen LogP contribution in [-0.2, 0) is 39.9 Å². The average Bonchev–Trinajstić information content (AvgIpc) is 3.88. The van der Waals surface area contributed by atoms with E-state index < -0.39 is 54.0 Å². The van der Waals surface area contributed by atoms with Crippen molar-refractivity contribution < 1.29 is 33.5 Å². The molecule has 3 aliphatic heterocycles. The summed E-state index contributed by atoms with van der Waals surface area (Å²) in [6.45, 7) is 12.0. The molecule has 13 nitrogen and oxygen atoms in total. The molecule has 3 N–H and O–H groups in total. The minimum absolute atomic E-state index is 0.101. The van der Waals surface area contributed by atoms with Crippen molar-refractivity contribution in [2.75, 3.05) is 27.2 Å². The van der Waals surface area contributed by atoms with Crippen LogP contribution in [-0.4, -0.2) is 119 Å². The van der Waals surface area contributed by atoms with Crippen molar-refractivity contribution in [2.24, 2.45) is 23.5 Å². The molecular weight excluding hydrogens is 664 g/mol. The molecule has 0 saturated carbocycles. The summed E-state index contributed by atoms with van der Waals surface area (Å²) in [4.78, 5) is 88.9. The molecule has 1 aromatic rings. The molecule has 3 heterocycles. The van der Waals surface area contributed by atoms with Gasteiger partial charge in [-0.3, -0.25) is 33.7 Å². The number of methoxy groups -OCH3 is 1. The van der Waals surface area contributed by atoms with E-state index in [4.69, 9.17) is 10.5 Å². The molecule has 0 aromatic heterocycles. The lowest BCUT2D eigenvalue weighted by molar-refractivity contribution is -0.156. The number of likely N-dealkylation sites (tertiary alicyclic amines) is 2. The van der Waals surface area contributed by atoms with E-state index in [-0.39, 0.29) is 35.5 Å². The Labute approximate surface area is 308 Å². The molecule has 0 radical (unpaired) electrons. The zero-order chi connectivity index (χ0) is 38.4. The number of hydrogen-bond acceptors (Lipinski definition) is 8. The molecule has 13 heteroatoms. The Morgan fingerprint density at radius 3 is 2.10 bits per heavy atom. The van der Waals surface area contributed by atoms with Crippen LogP contribution in [0.15, 0.2) is 42.2 Å². The van der Waals surface area contributed by atoms with E-state index >= 15 is 0 Å². The Morgan fingerprint density at radius 1 is 0.942 bits per heavy atom. The molecule has 0 aliphatic carbocycles. The molecule has 7 atom stereocenters. The Balaban J connectivity index is 1.51. The van der Waals surface area contributed by atoms with Gasteiger partial charge in [0.15, 0.2) is 0 Å². The highest BCUT2D eigenvalue weighted by atomic mass is 16.5. The Morgan fingerprint density at radius 2 is 1.54 bits per heavy atom. The normalized spacial score (nSPS) is 22.7. The van der Waals surface area contributed by atoms with Gasteiger partial charge in [0.2, 0.25) is 23.6 Å². The summed E-state index contributed by atoms with van der Waals surface area (Å²) in [5.41, 5.74) is 7.15. The number of carbonyl (C=O) groups is 6. The first-order valence-electron chi connectivity index (χ1n) is 18.7. The molecule has 286 valence electrons. The van der Waals surface area contributed by atoms with Crippen LogP contribution in [0.25, 0.3) is 0 Å². The van der Waals surface area contributed by atoms with Gasteiger partial charge in [0.1, 0.15) is 29.9 Å². The number of nitrogens with two attached hydrogens (primary N) is 1. The summed E-state index contributed by atoms with van der Waals surface area (Å²) in [7, 11) is 3.06. The van der Waals surface area contributed by atoms with E-state index in [0.29, 0.717) is 57.4 Å². The SMILES string of the molecule is CC[C@H](C)[C@@H](C(=O)N1CCC[C@@H]1C(=O)N1C(=O)C=C(OC)[C@@H]1C(C)C)N(C)C(=O)[C@@H]1CCCN1C(=O)[C@@H](NC(=O)[C@H](N)Cc1ccccc1)C(C)C. The standard InChI is InChI=1S/C39H58N6O7/c1-9-25(6)34(39(51)44-20-14-18-29(44)37(49)45-31(46)22-30(52-8)33(45)24(4)5)42(7)36(48)28-17-13-19-43(28)38(50)32(23(2)3)41-35(47)27(40)21-26-15-11-10-12-16-26/h10-12,15-16,22-25,27-29,32-34H,9,13-14,17-21,40H2,1-8H3,(H,41,47)/t25-,27+,28-,29+,32-,33-,34-/m0/s1. The van der Waals surface area contributed by atoms with Crippen LogP contribution in [0, 0.1) is 17.8 Å². The summed E-state index contributed by atoms with van der Waals surface area (Å²) in [6.07, 6.45) is 4.21. The molecule has 0 spiro atoms. The Kier molecular flexibility index (Phi) is 13.6. The number of imide groups is 1. The first kappa shape index (κ1) is 40.5. The second-order valence-corrected chi connectivity index (χ2v) is 15.2. The Hall–Kier alpha value is -4.26. The predicted molar refractivity (Wildman–Crippen MR) is 196 cm³/mol. The fraction of sp³-hybridized carbons (Fsp3) is 0.641. The van der Waals surface area contributed by atoms with Crippen molar-refractivity contribution in [1.82, 2.24) is 24.9 Å². The number of hydrogen-bond donors (Lipinski definition) is 2. The summed E-state index contributed by atoms with van der Waals surface area (Å²) in [5.74, 6) is -2.69. The van der Waals surface area contributed by atoms with Gasteiger partial charge in [-0.15, -0.1) is 0 Å². The van der Waals surface area contributed by atoms with Gasteiger partial charge in [-0.25, -0.2) is 0 Å². The lowest BCUT2D eigenvalue weighted by Gasteiger charge is -2.39. The van der Waals surface area contributed by atoms with Gasteiger partial charge < -0.3 is 30.5 Å². The fourth-order valence-corrected chi connectivity index (χ4v) is 7.80. The van der Waals surface area contributed by atoms with Gasteiger partial charge in [-0.1, -0.05) is 78.3 Å². The third-order valence-corrected chi connectivity index (χ3v) is 10.9. The first-order chi connectivity index (χ1) is 24.6. The van der Waals surface area contributed by atoms with Gasteiger partial charge in [0, 0.05) is 26.2 Å². The van der Waals surface area contributed by atoms with E-state index in [0.717, 1.165) is 5.56 Å². The molecule has 2 saturated heterocycles. The molecule has 3 aliphatic rings. The number of ether oxygens (including phenoxy) is 1. The number of rotatable bonds is 14. The van der Waals surface area contributed by atoms with Gasteiger partial charge in [-0.05, 0) is 55.4 Å². The van der Waals surface area contributed by atoms with Crippen molar-refractivity contribution in [3.05, 3.63) is 47.7 Å². The second-order valence-electron chi connectivity index (χ2n) is 15.2. The van der Waals surface area contributed by atoms with Crippen molar-refractivity contribution in [2.45, 2.75) is 116 Å². The van der Waals surface area contributed by atoms with Crippen LogP contribution in [0.1, 0.15) is 79.2 Å². The molecule has 0 bridgehead atoms. The summed E-state index contributed by atoms with van der Waals surface area (Å²) >= 11 is 0. The van der Waals surface area contributed by atoms with Gasteiger partial charge in [0.05, 0.1) is 19.2 Å². The monoisotopic (exact) mass is 722 g/mol. The van der Waals surface area contributed by atoms with Crippen LogP contribution in [0.4, 0.5) is 0 Å². The van der Waals surface area contributed by atoms with Gasteiger partial charge >= 0.3 is 0 Å². The third-order valence-electron chi connectivity index (χ3n) is 10.9. The molecule has 52 heavy (non-hydrogen) atoms. The number of nitrogens with one attached hydrogen (secondary N) is 1. The Bertz CT molecular complexity index is 1510. The maximum Gasteiger partial charge on any atom is 0.257 e. The van der Waals surface area contributed by atoms with E-state index in [1.54, 1.807) is 7.05 Å². The van der Waals surface area contributed by atoms with Crippen LogP contribution in [0.3, 0.4) is 0 Å². The van der Waals surface area contributed by atoms with Crippen LogP contribution >= 0.6 is 0 Å². The molecular formula is C39H58N6O7. The lowest BCUT2D eigenvalue weighted by Crippen LogP contribution is -2.61. The number of carbonyl (C=O) groups excluding carboxylic acids is 6. The highest BCUT2D eigenvalue weighted by Gasteiger charge is 2.49. The largest absolute Gasteiger partial charge is 0.499 e. The highest BCUT2D eigenvalue weighted by molar-refractivity contribution is 6.07. The van der Waals surface area contributed by atoms with Crippen molar-refractivity contribution in [1.29, 1.82) is 0 Å². The molecule has 2 fully saturated rings. The quantitative estimate of drug-likeness (QED) is 0.277. The predicted octanol–water partition coefficient (Wildman–Crippen LogP) is 2.48. The van der Waals surface area contributed by atoms with Crippen LogP contribution < -0.4 is 11.1 Å². The molecule has 6 amide bonds. The maximum atomic E-state index is 14.5. The molecule has 0 unspecified atom stereocenters. The van der Waals surface area contributed by atoms with Crippen molar-refractivity contribution >= 4 is 35.4 Å². The summed E-state index contributed by atoms with van der Waals surface area (Å²) < 4.78 is 5.44. The summed E-state index contributed by atoms with van der Waals surface area (Å²) in [5, 5.41) is 2.85. The molecule has 4 rings (SSSR count). The maximum absolute atomic E-state index is 14.5. The summed E-state index contributed by atoms with van der Waals surface area (Å²) in [6, 6.07) is 4.51. The lowest BCUT2D eigenvalue weighted by atomic mass is 9.95. The zero-order valence-corrected chi connectivity index (χ0v) is 32.0. The van der Waals surface area contributed by atoms with Crippen LogP contribution in [0.2, 0.25) is 0 Å². The smallest absolute Gasteiger partial charge is 0.257 e. The topological polar surface area (TPSA) is 163 Å². The van der Waals surface area contributed by atoms with E-state index in [1.807, 2.05) is 71.9 Å². The highest BCUT2D eigenvalue weighted by Crippen LogP contribution is 2.32. The first-order valence-corrected chi connectivity index (χ1v) is 18.7. The van der Waals surface area contributed by atoms with Crippen molar-refractivity contribution in [3.8, 4) is 0 Å². The minimum Gasteiger partial charge on any atom is -0.499 e. The molecule has 1 aromatic carbocycles. The fourth-order valence-electron chi connectivity index (χ4n) is 7.80. The number of amides is 6. The van der Waals surface area contributed by atoms with E-state index in [9.17, 15) is 28.8 Å². The van der Waals surface area contributed by atoms with Gasteiger partial charge in [0.25, 0.3) is 11.8 Å². The van der Waals surface area contributed by atoms with Crippen molar-refractivity contribution in [3.63, 3.8) is 0 Å². The van der Waals surface area contributed by atoms with Gasteiger partial charge in [-0.2, -0.15) is 0 Å². The third kappa shape index (κ3) is 8.51. The second kappa shape index (κ2) is 17.5. The van der Waals surface area contributed by atoms with Crippen LogP contribution in [0.5, 0.6) is 0 Å². The number of nitrogens with zero attached hydrogens (tertiary/aromatic N) is 4. The average molecular weight is 723 g/mol.